The maximum absolute atomic E-state index is 13.1. The molecule has 8 nitrogen and oxygen atoms in total. The summed E-state index contributed by atoms with van der Waals surface area (Å²) >= 11 is 0. The summed E-state index contributed by atoms with van der Waals surface area (Å²) in [5.74, 6) is -1.33. The second-order valence-electron chi connectivity index (χ2n) is 9.27. The third kappa shape index (κ3) is 4.61. The van der Waals surface area contributed by atoms with Gasteiger partial charge in [-0.25, -0.2) is 8.42 Å². The number of nitrogens with zero attached hydrogens (tertiary/aromatic N) is 2. The molecular formula is C24H31N3O5S. The van der Waals surface area contributed by atoms with Crippen LogP contribution in [0.4, 0.5) is 5.69 Å². The summed E-state index contributed by atoms with van der Waals surface area (Å²) in [5.41, 5.74) is 0.468. The highest BCUT2D eigenvalue weighted by Crippen LogP contribution is 2.35. The molecule has 2 fully saturated rings. The van der Waals surface area contributed by atoms with Crippen molar-refractivity contribution in [2.24, 2.45) is 11.8 Å². The molecule has 0 unspecified atom stereocenters. The normalized spacial score (nSPS) is 28.1. The highest BCUT2D eigenvalue weighted by atomic mass is 32.2. The number of anilines is 1. The summed E-state index contributed by atoms with van der Waals surface area (Å²) < 4.78 is 27.8. The smallest absolute Gasteiger partial charge is 0.243 e. The van der Waals surface area contributed by atoms with Gasteiger partial charge in [-0.1, -0.05) is 18.6 Å². The van der Waals surface area contributed by atoms with Crippen molar-refractivity contribution in [3.63, 3.8) is 0 Å². The number of likely N-dealkylation sites (tertiary alicyclic amines) is 1. The number of carbonyl (C=O) groups is 3. The minimum absolute atomic E-state index is 0.00674. The van der Waals surface area contributed by atoms with E-state index in [-0.39, 0.29) is 59.5 Å². The fraction of sp³-hybridized carbons (Fsp3) is 0.542. The highest BCUT2D eigenvalue weighted by molar-refractivity contribution is 7.89. The van der Waals surface area contributed by atoms with Crippen LogP contribution in [0.1, 0.15) is 52.4 Å². The lowest BCUT2D eigenvalue weighted by Gasteiger charge is -2.37. The highest BCUT2D eigenvalue weighted by Gasteiger charge is 2.46. The Labute approximate surface area is 195 Å². The lowest BCUT2D eigenvalue weighted by molar-refractivity contribution is -0.140. The maximum Gasteiger partial charge on any atom is 0.243 e. The average Bonchev–Trinajstić information content (AvgIpc) is 3.02. The fourth-order valence-corrected chi connectivity index (χ4v) is 7.11. The number of imide groups is 1. The number of hydrogen-bond donors (Lipinski definition) is 1. The molecule has 0 saturated carbocycles. The zero-order chi connectivity index (χ0) is 23.8. The molecule has 2 aliphatic heterocycles. The van der Waals surface area contributed by atoms with Crippen molar-refractivity contribution in [3.05, 3.63) is 36.4 Å². The number of hydrogen-bond acceptors (Lipinski definition) is 5. The molecule has 178 valence electrons. The first-order chi connectivity index (χ1) is 15.7. The van der Waals surface area contributed by atoms with Crippen molar-refractivity contribution >= 4 is 33.4 Å². The van der Waals surface area contributed by atoms with Crippen LogP contribution in [-0.4, -0.2) is 54.0 Å². The number of sulfonamides is 1. The zero-order valence-electron chi connectivity index (χ0n) is 19.1. The van der Waals surface area contributed by atoms with Gasteiger partial charge in [0.2, 0.25) is 27.7 Å². The van der Waals surface area contributed by atoms with E-state index in [1.54, 1.807) is 16.4 Å². The molecule has 1 aliphatic carbocycles. The molecule has 9 heteroatoms. The number of nitrogens with one attached hydrogen (secondary N) is 1. The molecule has 3 amide bonds. The van der Waals surface area contributed by atoms with Gasteiger partial charge in [0.1, 0.15) is 0 Å². The van der Waals surface area contributed by atoms with Gasteiger partial charge >= 0.3 is 0 Å². The molecule has 2 heterocycles. The second kappa shape index (κ2) is 9.38. The van der Waals surface area contributed by atoms with Crippen molar-refractivity contribution in [1.29, 1.82) is 0 Å². The number of amides is 3. The molecular weight excluding hydrogens is 442 g/mol. The van der Waals surface area contributed by atoms with E-state index in [1.807, 2.05) is 26.0 Å². The maximum atomic E-state index is 13.1. The Balaban J connectivity index is 1.35. The van der Waals surface area contributed by atoms with Gasteiger partial charge in [-0.2, -0.15) is 4.31 Å². The third-order valence-electron chi connectivity index (χ3n) is 6.99. The predicted octanol–water partition coefficient (Wildman–Crippen LogP) is 2.92. The van der Waals surface area contributed by atoms with Crippen LogP contribution in [0.3, 0.4) is 0 Å². The van der Waals surface area contributed by atoms with Crippen molar-refractivity contribution < 1.29 is 22.8 Å². The van der Waals surface area contributed by atoms with Gasteiger partial charge in [-0.05, 0) is 63.8 Å². The number of carbonyl (C=O) groups excluding carboxylic acids is 3. The Morgan fingerprint density at radius 3 is 2.06 bits per heavy atom. The van der Waals surface area contributed by atoms with E-state index in [9.17, 15) is 22.8 Å². The van der Waals surface area contributed by atoms with Crippen molar-refractivity contribution in [2.75, 3.05) is 11.9 Å². The Morgan fingerprint density at radius 1 is 0.970 bits per heavy atom. The van der Waals surface area contributed by atoms with Crippen LogP contribution in [0.2, 0.25) is 0 Å². The number of piperidine rings is 1. The van der Waals surface area contributed by atoms with E-state index >= 15 is 0 Å². The van der Waals surface area contributed by atoms with Gasteiger partial charge < -0.3 is 5.32 Å². The van der Waals surface area contributed by atoms with Gasteiger partial charge in [0.05, 0.1) is 16.7 Å². The van der Waals surface area contributed by atoms with Crippen LogP contribution in [0.15, 0.2) is 41.3 Å². The molecule has 0 bridgehead atoms. The Hall–Kier alpha value is -2.52. The lowest BCUT2D eigenvalue weighted by atomic mass is 9.85. The van der Waals surface area contributed by atoms with Crippen LogP contribution < -0.4 is 5.32 Å². The van der Waals surface area contributed by atoms with Gasteiger partial charge in [-0.15, -0.1) is 0 Å². The largest absolute Gasteiger partial charge is 0.326 e. The molecule has 0 aromatic heterocycles. The molecule has 2 saturated heterocycles. The Morgan fingerprint density at radius 2 is 1.52 bits per heavy atom. The molecule has 0 radical (unpaired) electrons. The first-order valence-corrected chi connectivity index (χ1v) is 13.1. The molecule has 1 aromatic rings. The van der Waals surface area contributed by atoms with Crippen LogP contribution in [0, 0.1) is 11.8 Å². The molecule has 0 spiro atoms. The second-order valence-corrected chi connectivity index (χ2v) is 11.1. The summed E-state index contributed by atoms with van der Waals surface area (Å²) in [5, 5.41) is 2.73. The van der Waals surface area contributed by atoms with E-state index in [1.165, 1.54) is 17.0 Å². The van der Waals surface area contributed by atoms with Gasteiger partial charge in [-0.3, -0.25) is 19.3 Å². The molecule has 1 aromatic carbocycles. The van der Waals surface area contributed by atoms with E-state index in [0.717, 1.165) is 19.3 Å². The standard InChI is InChI=1S/C24H31N3O5S/c1-16-6-5-7-17(2)27(16)33(31,32)19-12-10-18(11-13-19)25-22(28)14-15-26-23(29)20-8-3-4-9-21(20)24(26)30/h3-4,10-13,16-17,20-21H,5-9,14-15H2,1-2H3,(H,25,28)/t16-,17+,20-,21+. The van der Waals surface area contributed by atoms with Crippen molar-refractivity contribution in [1.82, 2.24) is 9.21 Å². The molecule has 4 rings (SSSR count). The van der Waals surface area contributed by atoms with Crippen LogP contribution in [0.5, 0.6) is 0 Å². The molecule has 1 N–H and O–H groups in total. The summed E-state index contributed by atoms with van der Waals surface area (Å²) in [4.78, 5) is 38.8. The summed E-state index contributed by atoms with van der Waals surface area (Å²) in [7, 11) is -3.62. The van der Waals surface area contributed by atoms with E-state index in [4.69, 9.17) is 0 Å². The summed E-state index contributed by atoms with van der Waals surface area (Å²) in [6.45, 7) is 3.92. The topological polar surface area (TPSA) is 104 Å². The zero-order valence-corrected chi connectivity index (χ0v) is 19.9. The summed E-state index contributed by atoms with van der Waals surface area (Å²) in [6, 6.07) is 6.05. The first kappa shape index (κ1) is 23.6. The fourth-order valence-electron chi connectivity index (χ4n) is 5.23. The minimum atomic E-state index is -3.62. The van der Waals surface area contributed by atoms with Crippen LogP contribution in [0.25, 0.3) is 0 Å². The van der Waals surface area contributed by atoms with Gasteiger partial charge in [0.15, 0.2) is 0 Å². The number of allylic oxidation sites excluding steroid dienone is 2. The number of benzene rings is 1. The number of rotatable bonds is 6. The summed E-state index contributed by atoms with van der Waals surface area (Å²) in [6.07, 6.45) is 7.71. The van der Waals surface area contributed by atoms with E-state index < -0.39 is 10.0 Å². The van der Waals surface area contributed by atoms with E-state index in [2.05, 4.69) is 5.32 Å². The quantitative estimate of drug-likeness (QED) is 0.505. The molecule has 33 heavy (non-hydrogen) atoms. The van der Waals surface area contributed by atoms with Crippen LogP contribution in [-0.2, 0) is 24.4 Å². The minimum Gasteiger partial charge on any atom is -0.326 e. The van der Waals surface area contributed by atoms with Crippen LogP contribution >= 0.6 is 0 Å². The molecule has 3 aliphatic rings. The number of fused-ring (bicyclic) bond motifs is 1. The first-order valence-electron chi connectivity index (χ1n) is 11.6. The average molecular weight is 474 g/mol. The van der Waals surface area contributed by atoms with Gasteiger partial charge in [0, 0.05) is 30.7 Å². The predicted molar refractivity (Wildman–Crippen MR) is 124 cm³/mol. The van der Waals surface area contributed by atoms with Gasteiger partial charge in [0.25, 0.3) is 0 Å². The van der Waals surface area contributed by atoms with Crippen molar-refractivity contribution in [2.45, 2.75) is 69.4 Å². The van der Waals surface area contributed by atoms with E-state index in [0.29, 0.717) is 18.5 Å². The third-order valence-corrected chi connectivity index (χ3v) is 9.13. The Bertz CT molecular complexity index is 1030. The Kier molecular flexibility index (Phi) is 6.72. The SMILES string of the molecule is C[C@@H]1CCC[C@H](C)N1S(=O)(=O)c1ccc(NC(=O)CCN2C(=O)[C@H]3CC=CC[C@H]3C2=O)cc1. The van der Waals surface area contributed by atoms with Crippen molar-refractivity contribution in [3.8, 4) is 0 Å². The lowest BCUT2D eigenvalue weighted by Crippen LogP contribution is -2.47. The molecule has 4 atom stereocenters. The monoisotopic (exact) mass is 473 g/mol.